The van der Waals surface area contributed by atoms with Crippen molar-refractivity contribution in [2.75, 3.05) is 4.90 Å². The molecule has 47 heavy (non-hydrogen) atoms. The van der Waals surface area contributed by atoms with Crippen LogP contribution in [0.3, 0.4) is 0 Å². The van der Waals surface area contributed by atoms with Crippen molar-refractivity contribution < 1.29 is 0 Å². The molecule has 1 nitrogen and oxygen atoms in total. The normalized spacial score (nSPS) is 24.7. The minimum Gasteiger partial charge on any atom is -0.310 e. The van der Waals surface area contributed by atoms with Gasteiger partial charge in [-0.3, -0.25) is 0 Å². The molecule has 1 spiro atoms. The van der Waals surface area contributed by atoms with Crippen LogP contribution in [0, 0.1) is 23.7 Å². The molecule has 0 aromatic heterocycles. The van der Waals surface area contributed by atoms with Crippen molar-refractivity contribution in [2.45, 2.75) is 37.5 Å². The van der Waals surface area contributed by atoms with E-state index in [1.165, 1.54) is 82.5 Å². The van der Waals surface area contributed by atoms with E-state index in [0.29, 0.717) is 0 Å². The van der Waals surface area contributed by atoms with Crippen molar-refractivity contribution >= 4 is 17.1 Å². The summed E-state index contributed by atoms with van der Waals surface area (Å²) in [4.78, 5) is 2.53. The van der Waals surface area contributed by atoms with Gasteiger partial charge in [-0.05, 0) is 125 Å². The summed E-state index contributed by atoms with van der Waals surface area (Å²) in [6, 6.07) is 56.6. The molecule has 4 fully saturated rings. The van der Waals surface area contributed by atoms with Crippen LogP contribution < -0.4 is 4.90 Å². The van der Waals surface area contributed by atoms with E-state index in [0.717, 1.165) is 23.7 Å². The highest BCUT2D eigenvalue weighted by molar-refractivity contribution is 5.96. The third kappa shape index (κ3) is 4.08. The van der Waals surface area contributed by atoms with Crippen LogP contribution in [0.15, 0.2) is 152 Å². The fourth-order valence-electron chi connectivity index (χ4n) is 10.7. The molecule has 0 atom stereocenters. The van der Waals surface area contributed by atoms with Gasteiger partial charge < -0.3 is 4.90 Å². The van der Waals surface area contributed by atoms with Crippen LogP contribution in [0.5, 0.6) is 0 Å². The van der Waals surface area contributed by atoms with Crippen LogP contribution >= 0.6 is 0 Å². The van der Waals surface area contributed by atoms with E-state index in [1.807, 2.05) is 0 Å². The van der Waals surface area contributed by atoms with Crippen molar-refractivity contribution in [3.05, 3.63) is 163 Å². The monoisotopic (exact) mass is 605 g/mol. The molecular formula is C46H39N. The molecule has 6 aromatic rings. The highest BCUT2D eigenvalue weighted by Crippen LogP contribution is 2.70. The lowest BCUT2D eigenvalue weighted by molar-refractivity contribution is -0.0399. The van der Waals surface area contributed by atoms with Gasteiger partial charge in [-0.1, -0.05) is 121 Å². The maximum absolute atomic E-state index is 2.53. The van der Waals surface area contributed by atoms with Gasteiger partial charge >= 0.3 is 0 Å². The molecule has 0 radical (unpaired) electrons. The number of hydrogen-bond acceptors (Lipinski definition) is 1. The van der Waals surface area contributed by atoms with E-state index in [9.17, 15) is 0 Å². The topological polar surface area (TPSA) is 3.24 Å². The molecular weight excluding hydrogens is 567 g/mol. The minimum atomic E-state index is 0.143. The fraction of sp³-hybridized carbons (Fsp3) is 0.217. The lowest BCUT2D eigenvalue weighted by atomic mass is 9.43. The van der Waals surface area contributed by atoms with Gasteiger partial charge in [-0.2, -0.15) is 0 Å². The summed E-state index contributed by atoms with van der Waals surface area (Å²) < 4.78 is 0. The Kier molecular flexibility index (Phi) is 6.13. The molecule has 4 saturated carbocycles. The molecule has 6 aromatic carbocycles. The molecule has 228 valence electrons. The molecule has 4 bridgehead atoms. The van der Waals surface area contributed by atoms with Crippen LogP contribution in [0.25, 0.3) is 33.4 Å². The van der Waals surface area contributed by atoms with Crippen molar-refractivity contribution in [2.24, 2.45) is 23.7 Å². The second-order valence-corrected chi connectivity index (χ2v) is 14.6. The summed E-state index contributed by atoms with van der Waals surface area (Å²) in [6.07, 6.45) is 7.06. The molecule has 0 heterocycles. The molecule has 0 N–H and O–H groups in total. The Morgan fingerprint density at radius 2 is 0.979 bits per heavy atom. The number of anilines is 3. The van der Waals surface area contributed by atoms with Crippen LogP contribution in [0.1, 0.15) is 43.2 Å². The molecule has 5 aliphatic carbocycles. The quantitative estimate of drug-likeness (QED) is 0.189. The fourth-order valence-corrected chi connectivity index (χ4v) is 10.7. The van der Waals surface area contributed by atoms with E-state index in [4.69, 9.17) is 0 Å². The van der Waals surface area contributed by atoms with Crippen molar-refractivity contribution in [3.63, 3.8) is 0 Å². The van der Waals surface area contributed by atoms with E-state index in [-0.39, 0.29) is 5.41 Å². The zero-order valence-electron chi connectivity index (χ0n) is 26.7. The highest BCUT2D eigenvalue weighted by Gasteiger charge is 2.61. The lowest BCUT2D eigenvalue weighted by Gasteiger charge is -2.61. The van der Waals surface area contributed by atoms with Gasteiger partial charge in [0.15, 0.2) is 0 Å². The van der Waals surface area contributed by atoms with E-state index in [1.54, 1.807) is 11.1 Å². The predicted octanol–water partition coefficient (Wildman–Crippen LogP) is 12.2. The average molecular weight is 606 g/mol. The van der Waals surface area contributed by atoms with Gasteiger partial charge in [0.2, 0.25) is 0 Å². The van der Waals surface area contributed by atoms with Gasteiger partial charge in [0.05, 0.1) is 5.69 Å². The molecule has 5 aliphatic rings. The molecule has 0 unspecified atom stereocenters. The number of rotatable bonds is 5. The molecule has 0 saturated heterocycles. The molecule has 0 aliphatic heterocycles. The summed E-state index contributed by atoms with van der Waals surface area (Å²) in [5, 5.41) is 0. The smallest absolute Gasteiger partial charge is 0.0543 e. The van der Waals surface area contributed by atoms with Crippen LogP contribution in [0.4, 0.5) is 17.1 Å². The third-order valence-corrected chi connectivity index (χ3v) is 12.2. The third-order valence-electron chi connectivity index (χ3n) is 12.2. The second-order valence-electron chi connectivity index (χ2n) is 14.6. The molecule has 1 heteroatoms. The Bertz CT molecular complexity index is 2060. The van der Waals surface area contributed by atoms with Gasteiger partial charge in [0.25, 0.3) is 0 Å². The number of nitrogens with zero attached hydrogens (tertiary/aromatic N) is 1. The maximum Gasteiger partial charge on any atom is 0.0543 e. The van der Waals surface area contributed by atoms with Gasteiger partial charge in [-0.15, -0.1) is 0 Å². The average Bonchev–Trinajstić information content (AvgIpc) is 3.43. The maximum atomic E-state index is 2.53. The number of benzene rings is 6. The predicted molar refractivity (Wildman–Crippen MR) is 195 cm³/mol. The SMILES string of the molecule is c1ccc(-c2ccc(N(c3cccc(-c4ccccc4)c3)c3cccc4c3-c3ccccc3C43C4CC5CC(C4)CC3C5)cc2)cc1. The van der Waals surface area contributed by atoms with Crippen molar-refractivity contribution in [1.82, 2.24) is 0 Å². The minimum absolute atomic E-state index is 0.143. The largest absolute Gasteiger partial charge is 0.310 e. The first kappa shape index (κ1) is 27.3. The second kappa shape index (κ2) is 10.6. The van der Waals surface area contributed by atoms with Gasteiger partial charge in [0, 0.05) is 22.4 Å². The van der Waals surface area contributed by atoms with Crippen LogP contribution in [-0.2, 0) is 5.41 Å². The Balaban J connectivity index is 1.19. The summed E-state index contributed by atoms with van der Waals surface area (Å²) in [6.45, 7) is 0. The summed E-state index contributed by atoms with van der Waals surface area (Å²) in [7, 11) is 0. The van der Waals surface area contributed by atoms with Crippen LogP contribution in [0.2, 0.25) is 0 Å². The van der Waals surface area contributed by atoms with Gasteiger partial charge in [0.1, 0.15) is 0 Å². The summed E-state index contributed by atoms with van der Waals surface area (Å²) in [5.41, 5.74) is 14.9. The summed E-state index contributed by atoms with van der Waals surface area (Å²) >= 11 is 0. The first-order chi connectivity index (χ1) is 23.3. The highest BCUT2D eigenvalue weighted by atomic mass is 15.1. The molecule has 0 amide bonds. The lowest BCUT2D eigenvalue weighted by Crippen LogP contribution is -2.55. The van der Waals surface area contributed by atoms with Crippen LogP contribution in [-0.4, -0.2) is 0 Å². The first-order valence-electron chi connectivity index (χ1n) is 17.6. The van der Waals surface area contributed by atoms with E-state index in [2.05, 4.69) is 157 Å². The Labute approximate surface area is 278 Å². The van der Waals surface area contributed by atoms with Crippen molar-refractivity contribution in [1.29, 1.82) is 0 Å². The number of hydrogen-bond donors (Lipinski definition) is 0. The van der Waals surface area contributed by atoms with Crippen molar-refractivity contribution in [3.8, 4) is 33.4 Å². The zero-order chi connectivity index (χ0) is 31.0. The summed E-state index contributed by atoms with van der Waals surface area (Å²) in [5.74, 6) is 3.36. The van der Waals surface area contributed by atoms with E-state index >= 15 is 0 Å². The Morgan fingerprint density at radius 1 is 0.426 bits per heavy atom. The first-order valence-corrected chi connectivity index (χ1v) is 17.6. The number of fused-ring (bicyclic) bond motifs is 3. The van der Waals surface area contributed by atoms with E-state index < -0.39 is 0 Å². The Morgan fingerprint density at radius 3 is 1.68 bits per heavy atom. The Hall–Kier alpha value is -4.88. The zero-order valence-corrected chi connectivity index (χ0v) is 26.7. The molecule has 11 rings (SSSR count). The van der Waals surface area contributed by atoms with Gasteiger partial charge in [-0.25, -0.2) is 0 Å². The standard InChI is InChI=1S/C46H39N/c1-3-11-33(12-4-1)35-21-23-39(24-22-35)47(40-16-9-15-36(30-40)34-13-5-2-6-14-34)44-20-10-19-43-45(44)41-17-7-8-18-42(41)46(43)37-26-31-25-32(28-37)29-38(46)27-31/h1-24,30-32,37-38H,25-29H2.